The van der Waals surface area contributed by atoms with Crippen LogP contribution in [0.25, 0.3) is 0 Å². The topological polar surface area (TPSA) is 63.7 Å². The zero-order valence-corrected chi connectivity index (χ0v) is 15.7. The molecule has 0 radical (unpaired) electrons. The number of imide groups is 1. The fourth-order valence-corrected chi connectivity index (χ4v) is 4.69. The third-order valence-corrected chi connectivity index (χ3v) is 6.04. The zero-order chi connectivity index (χ0) is 19.6. The summed E-state index contributed by atoms with van der Waals surface area (Å²) in [6.07, 6.45) is 3.29. The van der Waals surface area contributed by atoms with E-state index in [2.05, 4.69) is 0 Å². The highest BCUT2D eigenvalue weighted by molar-refractivity contribution is 6.32. The molecule has 6 heteroatoms. The molecule has 0 saturated carbocycles. The number of ether oxygens (including phenoxy) is 1. The molecule has 3 heterocycles. The lowest BCUT2D eigenvalue weighted by molar-refractivity contribution is -0.126. The van der Waals surface area contributed by atoms with Crippen LogP contribution >= 0.6 is 11.6 Å². The van der Waals surface area contributed by atoms with Crippen LogP contribution in [0.4, 0.5) is 5.69 Å². The first-order valence-corrected chi connectivity index (χ1v) is 9.43. The molecule has 4 atom stereocenters. The Balaban J connectivity index is 1.61. The van der Waals surface area contributed by atoms with Crippen molar-refractivity contribution in [2.24, 2.45) is 11.8 Å². The average Bonchev–Trinajstić information content (AvgIpc) is 3.31. The zero-order valence-electron chi connectivity index (χ0n) is 15.0. The smallest absolute Gasteiger partial charge is 0.241 e. The van der Waals surface area contributed by atoms with Crippen molar-refractivity contribution in [2.45, 2.75) is 18.6 Å². The van der Waals surface area contributed by atoms with E-state index in [0.717, 1.165) is 4.90 Å². The highest BCUT2D eigenvalue weighted by Gasteiger charge is 2.66. The number of carbonyl (C=O) groups is 3. The number of fused-ring (bicyclic) bond motifs is 5. The Morgan fingerprint density at radius 1 is 1.11 bits per heavy atom. The van der Waals surface area contributed by atoms with E-state index in [4.69, 9.17) is 16.3 Å². The third-order valence-electron chi connectivity index (χ3n) is 5.81. The van der Waals surface area contributed by atoms with E-state index in [0.29, 0.717) is 10.6 Å². The molecule has 2 amide bonds. The number of anilines is 1. The largest absolute Gasteiger partial charge is 0.362 e. The van der Waals surface area contributed by atoms with E-state index >= 15 is 0 Å². The van der Waals surface area contributed by atoms with E-state index in [-0.39, 0.29) is 28.8 Å². The van der Waals surface area contributed by atoms with Crippen LogP contribution in [0.1, 0.15) is 22.8 Å². The number of halogens is 1. The first-order valence-electron chi connectivity index (χ1n) is 9.05. The second-order valence-electron chi connectivity index (χ2n) is 7.50. The first kappa shape index (κ1) is 17.3. The van der Waals surface area contributed by atoms with Gasteiger partial charge in [-0.2, -0.15) is 0 Å². The molecule has 0 N–H and O–H groups in total. The van der Waals surface area contributed by atoms with Crippen molar-refractivity contribution in [3.63, 3.8) is 0 Å². The van der Waals surface area contributed by atoms with Crippen LogP contribution < -0.4 is 4.90 Å². The number of benzene rings is 2. The predicted octanol–water partition coefficient (Wildman–Crippen LogP) is 3.40. The summed E-state index contributed by atoms with van der Waals surface area (Å²) < 4.78 is 5.85. The summed E-state index contributed by atoms with van der Waals surface area (Å²) in [5.74, 6) is -2.10. The molecule has 2 fully saturated rings. The summed E-state index contributed by atoms with van der Waals surface area (Å²) in [4.78, 5) is 40.6. The fourth-order valence-electron chi connectivity index (χ4n) is 4.52. The molecule has 5 rings (SSSR count). The summed E-state index contributed by atoms with van der Waals surface area (Å²) in [6, 6.07) is 13.4. The summed E-state index contributed by atoms with van der Waals surface area (Å²) >= 11 is 6.13. The minimum Gasteiger partial charge on any atom is -0.362 e. The summed E-state index contributed by atoms with van der Waals surface area (Å²) in [5.41, 5.74) is 0.173. The molecule has 5 nitrogen and oxygen atoms in total. The van der Waals surface area contributed by atoms with Gasteiger partial charge in [0.05, 0.1) is 29.2 Å². The number of amides is 2. The van der Waals surface area contributed by atoms with Crippen molar-refractivity contribution in [1.29, 1.82) is 0 Å². The molecule has 2 bridgehead atoms. The van der Waals surface area contributed by atoms with Gasteiger partial charge in [0, 0.05) is 16.1 Å². The highest BCUT2D eigenvalue weighted by Crippen LogP contribution is 2.52. The van der Waals surface area contributed by atoms with Crippen LogP contribution in [0.3, 0.4) is 0 Å². The normalized spacial score (nSPS) is 30.2. The van der Waals surface area contributed by atoms with Gasteiger partial charge in [-0.1, -0.05) is 54.1 Å². The van der Waals surface area contributed by atoms with Crippen molar-refractivity contribution < 1.29 is 19.1 Å². The number of carbonyl (C=O) groups excluding carboxylic acids is 3. The Bertz CT molecular complexity index is 1060. The van der Waals surface area contributed by atoms with Crippen molar-refractivity contribution in [3.8, 4) is 0 Å². The van der Waals surface area contributed by atoms with Crippen LogP contribution in [-0.4, -0.2) is 29.3 Å². The van der Waals surface area contributed by atoms with Gasteiger partial charge >= 0.3 is 0 Å². The summed E-state index contributed by atoms with van der Waals surface area (Å²) in [6.45, 7) is 1.82. The Labute approximate surface area is 166 Å². The molecule has 28 heavy (non-hydrogen) atoms. The minimum atomic E-state index is -0.785. The summed E-state index contributed by atoms with van der Waals surface area (Å²) in [7, 11) is 0. The van der Waals surface area contributed by atoms with Crippen molar-refractivity contribution >= 4 is 34.9 Å². The Kier molecular flexibility index (Phi) is 3.63. The van der Waals surface area contributed by atoms with Crippen LogP contribution in [0.5, 0.6) is 0 Å². The van der Waals surface area contributed by atoms with Crippen LogP contribution in [0.2, 0.25) is 5.02 Å². The Hall–Kier alpha value is -2.76. The van der Waals surface area contributed by atoms with Gasteiger partial charge in [0.15, 0.2) is 5.78 Å². The van der Waals surface area contributed by atoms with Gasteiger partial charge < -0.3 is 4.74 Å². The third kappa shape index (κ3) is 2.26. The monoisotopic (exact) mass is 393 g/mol. The van der Waals surface area contributed by atoms with Crippen molar-refractivity contribution in [3.05, 3.63) is 76.8 Å². The highest BCUT2D eigenvalue weighted by atomic mass is 35.5. The molecule has 2 aromatic rings. The number of hydrogen-bond acceptors (Lipinski definition) is 4. The minimum absolute atomic E-state index is 0.228. The molecule has 0 aromatic heterocycles. The van der Waals surface area contributed by atoms with Gasteiger partial charge in [0.25, 0.3) is 0 Å². The molecule has 0 unspecified atom stereocenters. The standard InChI is InChI=1S/C22H16ClNO4/c1-22-10-9-16(28-22)17-18(22)21(27)24(20(17)26)15-8-7-13(23)11-14(15)19(25)12-5-3-2-4-6-12/h2-11,16-18H,1H3/t16-,17+,18-,22+/m1/s1. The molecule has 0 spiro atoms. The predicted molar refractivity (Wildman–Crippen MR) is 103 cm³/mol. The lowest BCUT2D eigenvalue weighted by Crippen LogP contribution is -2.39. The lowest BCUT2D eigenvalue weighted by Gasteiger charge is -2.25. The van der Waals surface area contributed by atoms with Gasteiger partial charge in [-0.05, 0) is 25.1 Å². The van der Waals surface area contributed by atoms with Gasteiger partial charge in [0.1, 0.15) is 0 Å². The van der Waals surface area contributed by atoms with Gasteiger partial charge in [-0.3, -0.25) is 14.4 Å². The van der Waals surface area contributed by atoms with Gasteiger partial charge in [-0.25, -0.2) is 4.90 Å². The van der Waals surface area contributed by atoms with E-state index in [1.807, 2.05) is 25.1 Å². The Morgan fingerprint density at radius 2 is 1.86 bits per heavy atom. The molecule has 2 aromatic carbocycles. The fraction of sp³-hybridized carbons (Fsp3) is 0.227. The molecule has 140 valence electrons. The molecular weight excluding hydrogens is 378 g/mol. The quantitative estimate of drug-likeness (QED) is 0.455. The van der Waals surface area contributed by atoms with Crippen LogP contribution in [0, 0.1) is 11.8 Å². The van der Waals surface area contributed by atoms with E-state index in [1.165, 1.54) is 6.07 Å². The summed E-state index contributed by atoms with van der Waals surface area (Å²) in [5, 5.41) is 0.361. The maximum Gasteiger partial charge on any atom is 0.241 e. The number of nitrogens with zero attached hydrogens (tertiary/aromatic N) is 1. The second-order valence-corrected chi connectivity index (χ2v) is 7.93. The van der Waals surface area contributed by atoms with Crippen molar-refractivity contribution in [2.75, 3.05) is 4.90 Å². The number of rotatable bonds is 3. The number of hydrogen-bond donors (Lipinski definition) is 0. The molecular formula is C22H16ClNO4. The molecule has 0 aliphatic carbocycles. The molecule has 3 aliphatic rings. The first-order chi connectivity index (χ1) is 13.4. The van der Waals surface area contributed by atoms with E-state index < -0.39 is 23.5 Å². The van der Waals surface area contributed by atoms with E-state index in [1.54, 1.807) is 36.4 Å². The molecule has 2 saturated heterocycles. The Morgan fingerprint density at radius 3 is 2.57 bits per heavy atom. The maximum atomic E-state index is 13.2. The maximum absolute atomic E-state index is 13.2. The van der Waals surface area contributed by atoms with Crippen LogP contribution in [-0.2, 0) is 14.3 Å². The van der Waals surface area contributed by atoms with Crippen LogP contribution in [0.15, 0.2) is 60.7 Å². The van der Waals surface area contributed by atoms with Gasteiger partial charge in [0.2, 0.25) is 11.8 Å². The molecule has 3 aliphatic heterocycles. The van der Waals surface area contributed by atoms with Crippen molar-refractivity contribution in [1.82, 2.24) is 0 Å². The number of ketones is 1. The SMILES string of the molecule is C[C@@]12C=C[C@@H](O1)[C@@H]1C(=O)N(c3ccc(Cl)cc3C(=O)c3ccccc3)C(=O)[C@@H]12. The lowest BCUT2D eigenvalue weighted by atomic mass is 9.78. The van der Waals surface area contributed by atoms with Gasteiger partial charge in [-0.15, -0.1) is 0 Å². The van der Waals surface area contributed by atoms with E-state index in [9.17, 15) is 14.4 Å². The second kappa shape index (κ2) is 5.87. The average molecular weight is 394 g/mol.